The van der Waals surface area contributed by atoms with Crippen LogP contribution in [-0.2, 0) is 42.8 Å². The first-order valence-corrected chi connectivity index (χ1v) is 38.0. The van der Waals surface area contributed by atoms with E-state index in [1.807, 2.05) is 0 Å². The Labute approximate surface area is 575 Å². The predicted molar refractivity (Wildman–Crippen MR) is 366 cm³/mol. The van der Waals surface area contributed by atoms with Crippen LogP contribution in [0.15, 0.2) is 12.2 Å². The van der Waals surface area contributed by atoms with Gasteiger partial charge < -0.3 is 100 Å². The Morgan fingerprint density at radius 3 is 1.41 bits per heavy atom. The molecule has 2 amide bonds. The van der Waals surface area contributed by atoms with Gasteiger partial charge in [-0.2, -0.15) is 0 Å². The number of rotatable bonds is 59. The van der Waals surface area contributed by atoms with Crippen molar-refractivity contribution in [3.05, 3.63) is 12.2 Å². The lowest BCUT2D eigenvalue weighted by Gasteiger charge is -2.50. The highest BCUT2D eigenvalue weighted by molar-refractivity contribution is 5.77. The van der Waals surface area contributed by atoms with E-state index in [2.05, 4.69) is 36.6 Å². The van der Waals surface area contributed by atoms with Gasteiger partial charge in [0.25, 0.3) is 5.79 Å². The standard InChI is InChI=1S/C73H136N2O21/c1-4-6-8-10-12-14-16-18-20-22-23-24-25-26-27-28-29-31-33-35-37-39-41-43-45-47-60(83)75-54(55(80)46-44-42-40-38-36-34-32-30-21-19-17-15-13-11-9-7-5-2)52-91-70-65(87)64(86)67(59(51-78)93-70)94-71-66(88)69(63(85)58(50-77)92-71)96-73(72(89)90)48-56(81)61(74-53(3)79)68(95-73)62(84)57(82)49-76/h26-27,54-59,61-71,76-78,80-82,84-88H,4-25,28-52H2,1-3H3,(H,74,79)(H,75,83)(H,89,90)/b27-26-. The largest absolute Gasteiger partial charge is 0.477 e. The van der Waals surface area contributed by atoms with E-state index >= 15 is 0 Å². The quantitative estimate of drug-likeness (QED) is 0.0200. The van der Waals surface area contributed by atoms with E-state index in [9.17, 15) is 75.7 Å². The lowest BCUT2D eigenvalue weighted by molar-refractivity contribution is -0.386. The van der Waals surface area contributed by atoms with Crippen LogP contribution in [0.2, 0.25) is 0 Å². The van der Waals surface area contributed by atoms with Gasteiger partial charge in [-0.1, -0.05) is 251 Å². The van der Waals surface area contributed by atoms with E-state index in [1.165, 1.54) is 186 Å². The molecule has 0 spiro atoms. The highest BCUT2D eigenvalue weighted by Gasteiger charge is 2.60. The molecular formula is C73H136N2O21. The zero-order chi connectivity index (χ0) is 70.4. The van der Waals surface area contributed by atoms with E-state index in [0.717, 1.165) is 64.7 Å². The van der Waals surface area contributed by atoms with Crippen LogP contribution in [0, 0.1) is 0 Å². The van der Waals surface area contributed by atoms with Gasteiger partial charge in [0.15, 0.2) is 12.6 Å². The number of amides is 2. The van der Waals surface area contributed by atoms with Gasteiger partial charge in [0.05, 0.1) is 50.7 Å². The van der Waals surface area contributed by atoms with Crippen molar-refractivity contribution in [3.8, 4) is 0 Å². The first kappa shape index (κ1) is 87.7. The van der Waals surface area contributed by atoms with E-state index < -0.39 is 148 Å². The fourth-order valence-corrected chi connectivity index (χ4v) is 13.4. The maximum absolute atomic E-state index is 13.5. The lowest BCUT2D eigenvalue weighted by atomic mass is 9.88. The SMILES string of the molecule is CCCCCCCCCCCCCC/C=C\CCCCCCCCCCCC(=O)NC(COC1OC(CO)C(OC2OC(CO)C(O)C(OC3(C(=O)O)CC(O)C(NC(C)=O)C(C(O)C(O)CO)O3)C2O)C(O)C1O)C(O)CCCCCCCCCCCCCCCCCCC. The number of carbonyl (C=O) groups excluding carboxylic acids is 2. The van der Waals surface area contributed by atoms with Crippen molar-refractivity contribution in [2.45, 2.75) is 407 Å². The smallest absolute Gasteiger partial charge is 0.364 e. The van der Waals surface area contributed by atoms with Crippen molar-refractivity contribution in [1.29, 1.82) is 0 Å². The molecule has 0 bridgehead atoms. The molecule has 14 N–H and O–H groups in total. The van der Waals surface area contributed by atoms with Crippen LogP contribution in [0.25, 0.3) is 0 Å². The number of carboxylic acid groups (broad SMARTS) is 1. The van der Waals surface area contributed by atoms with Gasteiger partial charge in [-0.25, -0.2) is 4.79 Å². The normalized spacial score (nSPS) is 27.6. The number of aliphatic carboxylic acids is 1. The highest BCUT2D eigenvalue weighted by Crippen LogP contribution is 2.39. The maximum atomic E-state index is 13.5. The fourth-order valence-electron chi connectivity index (χ4n) is 13.4. The summed E-state index contributed by atoms with van der Waals surface area (Å²) in [7, 11) is 0. The van der Waals surface area contributed by atoms with Crippen LogP contribution in [0.4, 0.5) is 0 Å². The molecule has 18 atom stereocenters. The number of ether oxygens (including phenoxy) is 6. The number of carbonyl (C=O) groups is 3. The first-order chi connectivity index (χ1) is 46.4. The van der Waals surface area contributed by atoms with Crippen LogP contribution in [0.1, 0.15) is 297 Å². The first-order valence-electron chi connectivity index (χ1n) is 38.0. The molecule has 3 rings (SSSR count). The highest BCUT2D eigenvalue weighted by atomic mass is 16.8. The molecule has 0 radical (unpaired) electrons. The number of aliphatic hydroxyl groups excluding tert-OH is 11. The minimum absolute atomic E-state index is 0.223. The van der Waals surface area contributed by atoms with Crippen LogP contribution in [-0.4, -0.2) is 215 Å². The van der Waals surface area contributed by atoms with Crippen molar-refractivity contribution in [2.75, 3.05) is 26.4 Å². The monoisotopic (exact) mass is 1380 g/mol. The molecule has 23 nitrogen and oxygen atoms in total. The Bertz CT molecular complexity index is 1980. The second-order valence-electron chi connectivity index (χ2n) is 27.9. The molecule has 0 saturated carbocycles. The summed E-state index contributed by atoms with van der Waals surface area (Å²) in [5.41, 5.74) is 0. The molecule has 3 aliphatic rings. The van der Waals surface area contributed by atoms with Crippen LogP contribution in [0.3, 0.4) is 0 Å². The van der Waals surface area contributed by atoms with E-state index in [-0.39, 0.29) is 18.9 Å². The Hall–Kier alpha value is -2.53. The van der Waals surface area contributed by atoms with Gasteiger partial charge in [0, 0.05) is 19.8 Å². The molecule has 0 aromatic rings. The Morgan fingerprint density at radius 2 is 0.969 bits per heavy atom. The number of nitrogens with one attached hydrogen (secondary N) is 2. The third-order valence-corrected chi connectivity index (χ3v) is 19.5. The number of hydrogen-bond donors (Lipinski definition) is 14. The van der Waals surface area contributed by atoms with Crippen LogP contribution < -0.4 is 10.6 Å². The number of unbranched alkanes of at least 4 members (excludes halogenated alkanes) is 37. The summed E-state index contributed by atoms with van der Waals surface area (Å²) in [6.07, 6.45) is 24.9. The van der Waals surface area contributed by atoms with Crippen LogP contribution >= 0.6 is 0 Å². The van der Waals surface area contributed by atoms with Crippen molar-refractivity contribution in [3.63, 3.8) is 0 Å². The van der Waals surface area contributed by atoms with Gasteiger partial charge >= 0.3 is 5.97 Å². The summed E-state index contributed by atoms with van der Waals surface area (Å²) in [5, 5.41) is 136. The van der Waals surface area contributed by atoms with Crippen molar-refractivity contribution in [1.82, 2.24) is 10.6 Å². The zero-order valence-corrected chi connectivity index (χ0v) is 59.2. The summed E-state index contributed by atoms with van der Waals surface area (Å²) in [6.45, 7) is 2.24. The molecular weight excluding hydrogens is 1240 g/mol. The Balaban J connectivity index is 1.54. The summed E-state index contributed by atoms with van der Waals surface area (Å²) in [5.74, 6) is -6.10. The molecule has 3 aliphatic heterocycles. The van der Waals surface area contributed by atoms with Gasteiger partial charge in [0.1, 0.15) is 67.1 Å². The summed E-state index contributed by atoms with van der Waals surface area (Å²) < 4.78 is 34.9. The fraction of sp³-hybridized carbons (Fsp3) is 0.932. The molecule has 0 aromatic heterocycles. The van der Waals surface area contributed by atoms with Crippen LogP contribution in [0.5, 0.6) is 0 Å². The molecule has 23 heteroatoms. The second-order valence-corrected chi connectivity index (χ2v) is 27.9. The van der Waals surface area contributed by atoms with Gasteiger partial charge in [-0.15, -0.1) is 0 Å². The average Bonchev–Trinajstić information content (AvgIpc) is 0.758. The third-order valence-electron chi connectivity index (χ3n) is 19.5. The van der Waals surface area contributed by atoms with E-state index in [0.29, 0.717) is 19.3 Å². The lowest BCUT2D eigenvalue weighted by Crippen LogP contribution is -2.70. The average molecular weight is 1380 g/mol. The zero-order valence-electron chi connectivity index (χ0n) is 59.2. The second kappa shape index (κ2) is 53.3. The van der Waals surface area contributed by atoms with Crippen molar-refractivity contribution < 1.29 is 104 Å². The Morgan fingerprint density at radius 1 is 0.531 bits per heavy atom. The third kappa shape index (κ3) is 34.4. The molecule has 3 fully saturated rings. The van der Waals surface area contributed by atoms with Crippen molar-refractivity contribution >= 4 is 17.8 Å². The summed E-state index contributed by atoms with van der Waals surface area (Å²) in [6, 6.07) is -2.53. The summed E-state index contributed by atoms with van der Waals surface area (Å²) in [4.78, 5) is 38.6. The topological polar surface area (TPSA) is 373 Å². The van der Waals surface area contributed by atoms with E-state index in [4.69, 9.17) is 28.4 Å². The number of carboxylic acids is 1. The molecule has 564 valence electrons. The Kier molecular flexibility index (Phi) is 48.7. The molecule has 0 aliphatic carbocycles. The minimum Gasteiger partial charge on any atom is -0.477 e. The molecule has 0 aromatic carbocycles. The predicted octanol–water partition coefficient (Wildman–Crippen LogP) is 8.63. The molecule has 18 unspecified atom stereocenters. The molecule has 3 heterocycles. The summed E-state index contributed by atoms with van der Waals surface area (Å²) >= 11 is 0. The maximum Gasteiger partial charge on any atom is 0.364 e. The minimum atomic E-state index is -3.08. The van der Waals surface area contributed by atoms with Crippen molar-refractivity contribution in [2.24, 2.45) is 0 Å². The van der Waals surface area contributed by atoms with Gasteiger partial charge in [-0.3, -0.25) is 9.59 Å². The van der Waals surface area contributed by atoms with Gasteiger partial charge in [0.2, 0.25) is 11.8 Å². The number of allylic oxidation sites excluding steroid dienone is 2. The molecule has 3 saturated heterocycles. The number of hydrogen-bond acceptors (Lipinski definition) is 20. The molecule has 96 heavy (non-hydrogen) atoms. The van der Waals surface area contributed by atoms with Gasteiger partial charge in [-0.05, 0) is 38.5 Å². The van der Waals surface area contributed by atoms with E-state index in [1.54, 1.807) is 0 Å². The number of aliphatic hydroxyl groups is 11.